The van der Waals surface area contributed by atoms with Crippen molar-refractivity contribution < 1.29 is 4.79 Å². The molecule has 4 heteroatoms. The molecule has 3 nitrogen and oxygen atoms in total. The van der Waals surface area contributed by atoms with Gasteiger partial charge in [0.25, 0.3) is 0 Å². The third-order valence-electron chi connectivity index (χ3n) is 4.25. The van der Waals surface area contributed by atoms with Crippen molar-refractivity contribution in [3.05, 3.63) is 0 Å². The molecule has 2 aliphatic rings. The van der Waals surface area contributed by atoms with Crippen LogP contribution in [0.1, 0.15) is 39.0 Å². The van der Waals surface area contributed by atoms with Crippen LogP contribution in [0.25, 0.3) is 0 Å². The summed E-state index contributed by atoms with van der Waals surface area (Å²) in [5.41, 5.74) is 0. The predicted molar refractivity (Wildman–Crippen MR) is 77.9 cm³/mol. The molecule has 0 spiro atoms. The van der Waals surface area contributed by atoms with Gasteiger partial charge < -0.3 is 10.2 Å². The molecule has 0 aromatic rings. The van der Waals surface area contributed by atoms with Crippen LogP contribution in [0.2, 0.25) is 0 Å². The fourth-order valence-electron chi connectivity index (χ4n) is 3.11. The van der Waals surface area contributed by atoms with Crippen molar-refractivity contribution in [1.29, 1.82) is 0 Å². The number of piperidine rings is 1. The highest BCUT2D eigenvalue weighted by molar-refractivity contribution is 7.99. The summed E-state index contributed by atoms with van der Waals surface area (Å²) in [4.78, 5) is 14.8. The molecule has 0 radical (unpaired) electrons. The lowest BCUT2D eigenvalue weighted by atomic mass is 9.92. The zero-order valence-electron chi connectivity index (χ0n) is 11.7. The summed E-state index contributed by atoms with van der Waals surface area (Å²) >= 11 is 1.92. The molecule has 0 bridgehead atoms. The van der Waals surface area contributed by atoms with Crippen LogP contribution in [0.5, 0.6) is 0 Å². The first-order chi connectivity index (χ1) is 8.70. The number of hydrogen-bond donors (Lipinski definition) is 1. The molecule has 0 saturated carbocycles. The Bertz CT molecular complexity index is 285. The Hall–Kier alpha value is -0.220. The first-order valence-electron chi connectivity index (χ1n) is 7.25. The van der Waals surface area contributed by atoms with Gasteiger partial charge in [0, 0.05) is 30.3 Å². The van der Waals surface area contributed by atoms with Gasteiger partial charge in [0.2, 0.25) is 5.91 Å². The lowest BCUT2D eigenvalue weighted by Gasteiger charge is -2.32. The van der Waals surface area contributed by atoms with Crippen molar-refractivity contribution in [3.63, 3.8) is 0 Å². The van der Waals surface area contributed by atoms with Crippen LogP contribution >= 0.6 is 11.8 Å². The largest absolute Gasteiger partial charge is 0.341 e. The van der Waals surface area contributed by atoms with E-state index in [0.717, 1.165) is 32.5 Å². The van der Waals surface area contributed by atoms with Crippen molar-refractivity contribution in [2.45, 2.75) is 50.3 Å². The molecule has 2 saturated heterocycles. The minimum Gasteiger partial charge on any atom is -0.341 e. The molecule has 0 aromatic heterocycles. The lowest BCUT2D eigenvalue weighted by Crippen LogP contribution is -2.45. The smallest absolute Gasteiger partial charge is 0.225 e. The van der Waals surface area contributed by atoms with E-state index in [2.05, 4.69) is 23.4 Å². The Morgan fingerprint density at radius 1 is 1.33 bits per heavy atom. The summed E-state index contributed by atoms with van der Waals surface area (Å²) in [5.74, 6) is 0.686. The monoisotopic (exact) mass is 270 g/mol. The number of likely N-dealkylation sites (tertiary alicyclic amines) is 1. The number of carbonyl (C=O) groups excluding carboxylic acids is 1. The first kappa shape index (κ1) is 14.2. The number of thioether (sulfide) groups is 1. The third-order valence-corrected chi connectivity index (χ3v) is 5.30. The van der Waals surface area contributed by atoms with Gasteiger partial charge >= 0.3 is 0 Å². The number of amides is 1. The molecule has 18 heavy (non-hydrogen) atoms. The third kappa shape index (κ3) is 3.64. The second-order valence-electron chi connectivity index (χ2n) is 5.71. The van der Waals surface area contributed by atoms with E-state index in [1.165, 1.54) is 19.3 Å². The summed E-state index contributed by atoms with van der Waals surface area (Å²) in [6, 6.07) is 0.496. The van der Waals surface area contributed by atoms with Crippen LogP contribution in [-0.4, -0.2) is 48.0 Å². The number of nitrogens with one attached hydrogen (secondary N) is 1. The maximum absolute atomic E-state index is 12.6. The van der Waals surface area contributed by atoms with E-state index in [-0.39, 0.29) is 5.92 Å². The summed E-state index contributed by atoms with van der Waals surface area (Å²) < 4.78 is 0. The summed E-state index contributed by atoms with van der Waals surface area (Å²) in [6.45, 7) is 5.14. The van der Waals surface area contributed by atoms with Crippen molar-refractivity contribution >= 4 is 17.7 Å². The van der Waals surface area contributed by atoms with E-state index in [9.17, 15) is 4.79 Å². The molecule has 0 aromatic carbocycles. The molecule has 104 valence electrons. The maximum atomic E-state index is 12.6. The van der Waals surface area contributed by atoms with Gasteiger partial charge in [-0.1, -0.05) is 6.42 Å². The first-order valence-corrected chi connectivity index (χ1v) is 8.54. The Morgan fingerprint density at radius 2 is 2.17 bits per heavy atom. The SMILES string of the molecule is CSC1CCCCN(C(=O)[C@H]2CCN[C@@H](C)C2)C1. The highest BCUT2D eigenvalue weighted by atomic mass is 32.2. The zero-order valence-corrected chi connectivity index (χ0v) is 12.5. The number of rotatable bonds is 2. The van der Waals surface area contributed by atoms with Gasteiger partial charge in [-0.2, -0.15) is 11.8 Å². The van der Waals surface area contributed by atoms with Gasteiger partial charge in [-0.15, -0.1) is 0 Å². The molecule has 1 N–H and O–H groups in total. The van der Waals surface area contributed by atoms with Crippen LogP contribution < -0.4 is 5.32 Å². The summed E-state index contributed by atoms with van der Waals surface area (Å²) in [7, 11) is 0. The van der Waals surface area contributed by atoms with Crippen molar-refractivity contribution in [2.75, 3.05) is 25.9 Å². The average molecular weight is 270 g/mol. The van der Waals surface area contributed by atoms with Crippen LogP contribution in [0, 0.1) is 5.92 Å². The van der Waals surface area contributed by atoms with E-state index < -0.39 is 0 Å². The quantitative estimate of drug-likeness (QED) is 0.834. The highest BCUT2D eigenvalue weighted by Gasteiger charge is 2.30. The number of carbonyl (C=O) groups is 1. The Balaban J connectivity index is 1.93. The number of nitrogens with zero attached hydrogens (tertiary/aromatic N) is 1. The molecule has 2 fully saturated rings. The Morgan fingerprint density at radius 3 is 2.89 bits per heavy atom. The van der Waals surface area contributed by atoms with Gasteiger partial charge in [0.1, 0.15) is 0 Å². The lowest BCUT2D eigenvalue weighted by molar-refractivity contribution is -0.136. The van der Waals surface area contributed by atoms with Gasteiger partial charge in [-0.25, -0.2) is 0 Å². The minimum absolute atomic E-state index is 0.266. The molecular weight excluding hydrogens is 244 g/mol. The minimum atomic E-state index is 0.266. The van der Waals surface area contributed by atoms with E-state index in [1.807, 2.05) is 11.8 Å². The molecular formula is C14H26N2OS. The van der Waals surface area contributed by atoms with E-state index in [0.29, 0.717) is 17.2 Å². The van der Waals surface area contributed by atoms with Gasteiger partial charge in [-0.3, -0.25) is 4.79 Å². The standard InChI is InChI=1S/C14H26N2OS/c1-11-9-12(6-7-15-11)14(17)16-8-4-3-5-13(10-16)18-2/h11-13,15H,3-10H2,1-2H3/t11-,12-,13?/m0/s1. The van der Waals surface area contributed by atoms with Crippen LogP contribution in [-0.2, 0) is 4.79 Å². The Kier molecular flexibility index (Phi) is 5.37. The van der Waals surface area contributed by atoms with Gasteiger partial charge in [0.15, 0.2) is 0 Å². The topological polar surface area (TPSA) is 32.3 Å². The van der Waals surface area contributed by atoms with Crippen molar-refractivity contribution in [3.8, 4) is 0 Å². The van der Waals surface area contributed by atoms with E-state index in [1.54, 1.807) is 0 Å². The fraction of sp³-hybridized carbons (Fsp3) is 0.929. The molecule has 2 heterocycles. The molecule has 3 atom stereocenters. The molecule has 1 amide bonds. The van der Waals surface area contributed by atoms with Crippen molar-refractivity contribution in [1.82, 2.24) is 10.2 Å². The maximum Gasteiger partial charge on any atom is 0.225 e. The second kappa shape index (κ2) is 6.80. The van der Waals surface area contributed by atoms with Gasteiger partial charge in [0.05, 0.1) is 0 Å². The van der Waals surface area contributed by atoms with Crippen LogP contribution in [0.15, 0.2) is 0 Å². The van der Waals surface area contributed by atoms with E-state index >= 15 is 0 Å². The van der Waals surface area contributed by atoms with Crippen molar-refractivity contribution in [2.24, 2.45) is 5.92 Å². The predicted octanol–water partition coefficient (Wildman–Crippen LogP) is 2.12. The zero-order chi connectivity index (χ0) is 13.0. The molecule has 1 unspecified atom stereocenters. The van der Waals surface area contributed by atoms with E-state index in [4.69, 9.17) is 0 Å². The molecule has 0 aliphatic carbocycles. The normalized spacial score (nSPS) is 34.1. The summed E-state index contributed by atoms with van der Waals surface area (Å²) in [5, 5.41) is 4.08. The molecule has 2 aliphatic heterocycles. The van der Waals surface area contributed by atoms with Gasteiger partial charge in [-0.05, 0) is 45.4 Å². The number of hydrogen-bond acceptors (Lipinski definition) is 3. The second-order valence-corrected chi connectivity index (χ2v) is 6.85. The van der Waals surface area contributed by atoms with Crippen LogP contribution in [0.3, 0.4) is 0 Å². The Labute approximate surface area is 115 Å². The average Bonchev–Trinajstić information content (AvgIpc) is 2.63. The summed E-state index contributed by atoms with van der Waals surface area (Å²) in [6.07, 6.45) is 7.93. The highest BCUT2D eigenvalue weighted by Crippen LogP contribution is 2.24. The fourth-order valence-corrected chi connectivity index (χ4v) is 3.84. The van der Waals surface area contributed by atoms with Crippen LogP contribution in [0.4, 0.5) is 0 Å². The molecule has 2 rings (SSSR count).